The van der Waals surface area contributed by atoms with E-state index in [-0.39, 0.29) is 0 Å². The summed E-state index contributed by atoms with van der Waals surface area (Å²) in [5, 5.41) is 4.41. The Morgan fingerprint density at radius 1 is 1.04 bits per heavy atom. The molecule has 0 amide bonds. The predicted molar refractivity (Wildman–Crippen MR) is 101 cm³/mol. The van der Waals surface area contributed by atoms with E-state index in [0.717, 1.165) is 21.8 Å². The second-order valence-electron chi connectivity index (χ2n) is 5.64. The minimum Gasteiger partial charge on any atom is -0.488 e. The van der Waals surface area contributed by atoms with Gasteiger partial charge in [0.05, 0.1) is 4.88 Å². The number of nitrogens with two attached hydrogens (primary N) is 1. The van der Waals surface area contributed by atoms with Crippen molar-refractivity contribution in [2.45, 2.75) is 13.5 Å². The molecule has 4 rings (SSSR count). The number of nitrogens with zero attached hydrogens (tertiary/aromatic N) is 3. The molecule has 0 aliphatic heterocycles. The molecule has 4 aromatic rings. The number of nitrogen functional groups attached to an aromatic ring is 1. The monoisotopic (exact) mass is 364 g/mol. The molecule has 0 unspecified atom stereocenters. The lowest BCUT2D eigenvalue weighted by molar-refractivity contribution is 0.307. The van der Waals surface area contributed by atoms with E-state index < -0.39 is 0 Å². The first-order chi connectivity index (χ1) is 12.7. The summed E-state index contributed by atoms with van der Waals surface area (Å²) in [5.74, 6) is 1.65. The van der Waals surface area contributed by atoms with Crippen molar-refractivity contribution in [1.29, 1.82) is 0 Å². The second kappa shape index (κ2) is 6.97. The molecule has 0 spiro atoms. The van der Waals surface area contributed by atoms with Gasteiger partial charge in [-0.1, -0.05) is 59.0 Å². The molecule has 0 aliphatic carbocycles. The maximum absolute atomic E-state index is 6.06. The van der Waals surface area contributed by atoms with Crippen LogP contribution in [0.3, 0.4) is 0 Å². The fourth-order valence-electron chi connectivity index (χ4n) is 2.58. The van der Waals surface area contributed by atoms with Crippen molar-refractivity contribution in [2.75, 3.05) is 5.73 Å². The van der Waals surface area contributed by atoms with Crippen LogP contribution in [-0.2, 0) is 6.61 Å². The first-order valence-corrected chi connectivity index (χ1v) is 8.85. The van der Waals surface area contributed by atoms with Gasteiger partial charge in [0.15, 0.2) is 5.13 Å². The Bertz CT molecular complexity index is 1030. The van der Waals surface area contributed by atoms with Crippen LogP contribution in [0.15, 0.2) is 59.1 Å². The summed E-state index contributed by atoms with van der Waals surface area (Å²) in [6.45, 7) is 2.21. The van der Waals surface area contributed by atoms with Gasteiger partial charge in [0, 0.05) is 12.5 Å². The molecule has 0 saturated carbocycles. The summed E-state index contributed by atoms with van der Waals surface area (Å²) in [6.07, 6.45) is 0. The largest absolute Gasteiger partial charge is 0.488 e. The van der Waals surface area contributed by atoms with Gasteiger partial charge in [-0.05, 0) is 17.7 Å². The molecule has 0 aliphatic rings. The first-order valence-electron chi connectivity index (χ1n) is 8.04. The second-order valence-corrected chi connectivity index (χ2v) is 6.67. The van der Waals surface area contributed by atoms with Crippen molar-refractivity contribution in [1.82, 2.24) is 15.1 Å². The van der Waals surface area contributed by atoms with E-state index in [0.29, 0.717) is 29.1 Å². The number of anilines is 1. The summed E-state index contributed by atoms with van der Waals surface area (Å²) in [5.41, 5.74) is 8.55. The van der Waals surface area contributed by atoms with Crippen molar-refractivity contribution < 1.29 is 9.26 Å². The summed E-state index contributed by atoms with van der Waals surface area (Å²) < 4.78 is 11.1. The van der Waals surface area contributed by atoms with Gasteiger partial charge in [0.25, 0.3) is 0 Å². The third-order valence-electron chi connectivity index (χ3n) is 3.75. The molecule has 130 valence electrons. The predicted octanol–water partition coefficient (Wildman–Crippen LogP) is 4.33. The number of aryl methyl sites for hydroxylation is 1. The Hall–Kier alpha value is -3.19. The molecular weight excluding hydrogens is 348 g/mol. The van der Waals surface area contributed by atoms with Crippen molar-refractivity contribution >= 4 is 16.5 Å². The van der Waals surface area contributed by atoms with Gasteiger partial charge < -0.3 is 15.0 Å². The summed E-state index contributed by atoms with van der Waals surface area (Å²) in [6, 6.07) is 17.8. The first kappa shape index (κ1) is 16.3. The van der Waals surface area contributed by atoms with Crippen LogP contribution < -0.4 is 10.5 Å². The number of hydrogen-bond acceptors (Lipinski definition) is 7. The Kier molecular flexibility index (Phi) is 4.37. The maximum Gasteiger partial charge on any atom is 0.223 e. The molecule has 2 aromatic heterocycles. The average molecular weight is 364 g/mol. The van der Waals surface area contributed by atoms with Crippen LogP contribution in [-0.4, -0.2) is 15.1 Å². The highest BCUT2D eigenvalue weighted by molar-refractivity contribution is 7.19. The van der Waals surface area contributed by atoms with E-state index in [1.54, 1.807) is 6.92 Å². The van der Waals surface area contributed by atoms with Crippen LogP contribution in [0.25, 0.3) is 22.0 Å². The molecule has 0 bridgehead atoms. The lowest BCUT2D eigenvalue weighted by atomic mass is 10.1. The normalized spacial score (nSPS) is 10.8. The van der Waals surface area contributed by atoms with Crippen LogP contribution >= 0.6 is 11.3 Å². The fraction of sp³-hybridized carbons (Fsp3) is 0.105. The minimum atomic E-state index is 0.420. The van der Waals surface area contributed by atoms with Gasteiger partial charge in [0.2, 0.25) is 11.7 Å². The number of aromatic nitrogens is 3. The van der Waals surface area contributed by atoms with Gasteiger partial charge in [-0.15, -0.1) is 0 Å². The number of thiazole rings is 1. The zero-order valence-corrected chi connectivity index (χ0v) is 14.9. The molecule has 2 N–H and O–H groups in total. The van der Waals surface area contributed by atoms with Crippen molar-refractivity contribution in [3.8, 4) is 27.7 Å². The van der Waals surface area contributed by atoms with E-state index >= 15 is 0 Å². The molecule has 7 heteroatoms. The van der Waals surface area contributed by atoms with Gasteiger partial charge in [-0.2, -0.15) is 4.98 Å². The van der Waals surface area contributed by atoms with Crippen LogP contribution in [0.4, 0.5) is 5.13 Å². The molecular formula is C19H16N4O2S. The standard InChI is InChI=1S/C19H16N4O2S/c1-12-21-18(23-25-12)16-17(26-19(20)22-16)14-9-5-6-10-15(14)24-11-13-7-3-2-4-8-13/h2-10H,11H2,1H3,(H2,20,22). The Morgan fingerprint density at radius 2 is 1.81 bits per heavy atom. The summed E-state index contributed by atoms with van der Waals surface area (Å²) in [4.78, 5) is 9.51. The number of rotatable bonds is 5. The smallest absolute Gasteiger partial charge is 0.223 e. The molecule has 2 heterocycles. The highest BCUT2D eigenvalue weighted by Gasteiger charge is 2.20. The lowest BCUT2D eigenvalue weighted by Crippen LogP contribution is -1.96. The Labute approximate surface area is 154 Å². The number of benzene rings is 2. The molecule has 0 fully saturated rings. The van der Waals surface area contributed by atoms with Gasteiger partial charge in [-0.25, -0.2) is 4.98 Å². The van der Waals surface area contributed by atoms with Gasteiger partial charge in [0.1, 0.15) is 18.1 Å². The van der Waals surface area contributed by atoms with Crippen LogP contribution in [0.5, 0.6) is 5.75 Å². The van der Waals surface area contributed by atoms with Gasteiger partial charge >= 0.3 is 0 Å². The van der Waals surface area contributed by atoms with Gasteiger partial charge in [-0.3, -0.25) is 0 Å². The maximum atomic E-state index is 6.06. The van der Waals surface area contributed by atoms with Crippen molar-refractivity contribution in [3.05, 3.63) is 66.1 Å². The SMILES string of the molecule is Cc1nc(-c2nc(N)sc2-c2ccccc2OCc2ccccc2)no1. The zero-order chi connectivity index (χ0) is 17.9. The molecule has 2 aromatic carbocycles. The van der Waals surface area contributed by atoms with Crippen LogP contribution in [0.1, 0.15) is 11.5 Å². The highest BCUT2D eigenvalue weighted by atomic mass is 32.1. The summed E-state index contributed by atoms with van der Waals surface area (Å²) in [7, 11) is 0. The Morgan fingerprint density at radius 3 is 2.58 bits per heavy atom. The van der Waals surface area contributed by atoms with E-state index in [1.165, 1.54) is 11.3 Å². The number of ether oxygens (including phenoxy) is 1. The lowest BCUT2D eigenvalue weighted by Gasteiger charge is -2.11. The molecule has 0 radical (unpaired) electrons. The number of hydrogen-bond donors (Lipinski definition) is 1. The van der Waals surface area contributed by atoms with Crippen molar-refractivity contribution in [3.63, 3.8) is 0 Å². The molecule has 0 saturated heterocycles. The molecule has 26 heavy (non-hydrogen) atoms. The third kappa shape index (κ3) is 3.29. The topological polar surface area (TPSA) is 87.1 Å². The average Bonchev–Trinajstić information content (AvgIpc) is 3.26. The van der Waals surface area contributed by atoms with Crippen molar-refractivity contribution in [2.24, 2.45) is 0 Å². The quantitative estimate of drug-likeness (QED) is 0.567. The Balaban J connectivity index is 1.71. The highest BCUT2D eigenvalue weighted by Crippen LogP contribution is 2.41. The van der Waals surface area contributed by atoms with Crippen LogP contribution in [0, 0.1) is 6.92 Å². The minimum absolute atomic E-state index is 0.420. The van der Waals surface area contributed by atoms with E-state index in [9.17, 15) is 0 Å². The van der Waals surface area contributed by atoms with E-state index in [2.05, 4.69) is 15.1 Å². The van der Waals surface area contributed by atoms with E-state index in [1.807, 2.05) is 54.6 Å². The van der Waals surface area contributed by atoms with E-state index in [4.69, 9.17) is 15.0 Å². The fourth-order valence-corrected chi connectivity index (χ4v) is 3.44. The molecule has 0 atom stereocenters. The van der Waals surface area contributed by atoms with Crippen LogP contribution in [0.2, 0.25) is 0 Å². The summed E-state index contributed by atoms with van der Waals surface area (Å²) >= 11 is 1.37. The zero-order valence-electron chi connectivity index (χ0n) is 14.0. The molecule has 6 nitrogen and oxygen atoms in total. The third-order valence-corrected chi connectivity index (χ3v) is 4.67. The number of para-hydroxylation sites is 1.